The van der Waals surface area contributed by atoms with Crippen LogP contribution in [-0.2, 0) is 0 Å². The van der Waals surface area contributed by atoms with Crippen molar-refractivity contribution in [2.24, 2.45) is 0 Å². The molecule has 0 fully saturated rings. The maximum Gasteiger partial charge on any atom is 0.573 e. The molecule has 7 heteroatoms. The SMILES string of the molecule is Nc1ccc(Nc2cccc(OC(F)(F)F)c2)cn1. The van der Waals surface area contributed by atoms with Crippen LogP contribution in [0, 0.1) is 0 Å². The molecule has 0 amide bonds. The first-order valence-corrected chi connectivity index (χ1v) is 5.27. The van der Waals surface area contributed by atoms with E-state index in [0.29, 0.717) is 17.2 Å². The van der Waals surface area contributed by atoms with Crippen molar-refractivity contribution >= 4 is 17.2 Å². The Labute approximate surface area is 107 Å². The Bertz CT molecular complexity index is 555. The van der Waals surface area contributed by atoms with E-state index >= 15 is 0 Å². The van der Waals surface area contributed by atoms with Crippen molar-refractivity contribution in [1.82, 2.24) is 4.98 Å². The number of aromatic nitrogens is 1. The molecule has 1 aromatic heterocycles. The van der Waals surface area contributed by atoms with Crippen LogP contribution in [0.4, 0.5) is 30.4 Å². The molecular formula is C12H10F3N3O. The van der Waals surface area contributed by atoms with E-state index in [-0.39, 0.29) is 5.75 Å². The monoisotopic (exact) mass is 269 g/mol. The van der Waals surface area contributed by atoms with Gasteiger partial charge in [0, 0.05) is 11.8 Å². The van der Waals surface area contributed by atoms with E-state index in [1.807, 2.05) is 0 Å². The number of rotatable bonds is 3. The Morgan fingerprint density at radius 2 is 1.89 bits per heavy atom. The zero-order chi connectivity index (χ0) is 13.9. The summed E-state index contributed by atoms with van der Waals surface area (Å²) in [6.07, 6.45) is -3.23. The third-order valence-electron chi connectivity index (χ3n) is 2.14. The second-order valence-electron chi connectivity index (χ2n) is 3.67. The number of benzene rings is 1. The van der Waals surface area contributed by atoms with Gasteiger partial charge in [-0.25, -0.2) is 4.98 Å². The van der Waals surface area contributed by atoms with E-state index < -0.39 is 6.36 Å². The fraction of sp³-hybridized carbons (Fsp3) is 0.0833. The minimum Gasteiger partial charge on any atom is -0.406 e. The van der Waals surface area contributed by atoms with Gasteiger partial charge in [-0.3, -0.25) is 0 Å². The summed E-state index contributed by atoms with van der Waals surface area (Å²) in [6, 6.07) is 8.77. The molecule has 0 saturated carbocycles. The smallest absolute Gasteiger partial charge is 0.406 e. The summed E-state index contributed by atoms with van der Waals surface area (Å²) in [5, 5.41) is 2.89. The summed E-state index contributed by atoms with van der Waals surface area (Å²) in [6.45, 7) is 0. The lowest BCUT2D eigenvalue weighted by Gasteiger charge is -2.11. The summed E-state index contributed by atoms with van der Waals surface area (Å²) in [5.41, 5.74) is 6.49. The Balaban J connectivity index is 2.13. The molecule has 0 radical (unpaired) electrons. The number of hydrogen-bond acceptors (Lipinski definition) is 4. The van der Waals surface area contributed by atoms with Crippen molar-refractivity contribution in [3.05, 3.63) is 42.6 Å². The normalized spacial score (nSPS) is 11.1. The van der Waals surface area contributed by atoms with Crippen LogP contribution in [-0.4, -0.2) is 11.3 Å². The third kappa shape index (κ3) is 4.06. The number of nitrogens with zero attached hydrogens (tertiary/aromatic N) is 1. The van der Waals surface area contributed by atoms with Crippen molar-refractivity contribution in [1.29, 1.82) is 0 Å². The van der Waals surface area contributed by atoms with Crippen LogP contribution in [0.25, 0.3) is 0 Å². The Hall–Kier alpha value is -2.44. The highest BCUT2D eigenvalue weighted by Gasteiger charge is 2.31. The first-order valence-electron chi connectivity index (χ1n) is 5.27. The number of nitrogens with one attached hydrogen (secondary N) is 1. The molecule has 0 atom stereocenters. The first-order chi connectivity index (χ1) is 8.92. The molecule has 4 nitrogen and oxygen atoms in total. The van der Waals surface area contributed by atoms with Gasteiger partial charge in [-0.1, -0.05) is 6.07 Å². The number of ether oxygens (including phenoxy) is 1. The minimum absolute atomic E-state index is 0.291. The van der Waals surface area contributed by atoms with Gasteiger partial charge in [0.05, 0.1) is 11.9 Å². The Morgan fingerprint density at radius 1 is 1.11 bits per heavy atom. The molecule has 100 valence electrons. The van der Waals surface area contributed by atoms with Crippen LogP contribution >= 0.6 is 0 Å². The zero-order valence-corrected chi connectivity index (χ0v) is 9.61. The highest BCUT2D eigenvalue weighted by molar-refractivity contribution is 5.61. The standard InChI is InChI=1S/C12H10F3N3O/c13-12(14,15)19-10-3-1-2-8(6-10)18-9-4-5-11(16)17-7-9/h1-7,18H,(H2,16,17). The molecule has 2 aromatic rings. The highest BCUT2D eigenvalue weighted by atomic mass is 19.4. The molecule has 0 saturated heterocycles. The van der Waals surface area contributed by atoms with Crippen LogP contribution in [0.3, 0.4) is 0 Å². The van der Waals surface area contributed by atoms with Crippen LogP contribution < -0.4 is 15.8 Å². The van der Waals surface area contributed by atoms with E-state index in [1.165, 1.54) is 24.4 Å². The average Bonchev–Trinajstić information content (AvgIpc) is 2.30. The number of anilines is 3. The van der Waals surface area contributed by atoms with Crippen molar-refractivity contribution in [2.45, 2.75) is 6.36 Å². The fourth-order valence-electron chi connectivity index (χ4n) is 1.42. The molecule has 1 aromatic carbocycles. The van der Waals surface area contributed by atoms with Gasteiger partial charge in [-0.05, 0) is 24.3 Å². The molecule has 0 aliphatic carbocycles. The van der Waals surface area contributed by atoms with Gasteiger partial charge in [0.2, 0.25) is 0 Å². The van der Waals surface area contributed by atoms with Crippen molar-refractivity contribution in [3.8, 4) is 5.75 Å². The van der Waals surface area contributed by atoms with Gasteiger partial charge in [-0.15, -0.1) is 13.2 Å². The van der Waals surface area contributed by atoms with E-state index in [9.17, 15) is 13.2 Å². The van der Waals surface area contributed by atoms with E-state index in [0.717, 1.165) is 0 Å². The predicted octanol–water partition coefficient (Wildman–Crippen LogP) is 3.31. The Kier molecular flexibility index (Phi) is 3.46. The van der Waals surface area contributed by atoms with Gasteiger partial charge < -0.3 is 15.8 Å². The van der Waals surface area contributed by atoms with E-state index in [4.69, 9.17) is 5.73 Å². The highest BCUT2D eigenvalue weighted by Crippen LogP contribution is 2.26. The largest absolute Gasteiger partial charge is 0.573 e. The fourth-order valence-corrected chi connectivity index (χ4v) is 1.42. The zero-order valence-electron chi connectivity index (χ0n) is 9.61. The molecule has 19 heavy (non-hydrogen) atoms. The van der Waals surface area contributed by atoms with Gasteiger partial charge in [0.1, 0.15) is 11.6 Å². The lowest BCUT2D eigenvalue weighted by Crippen LogP contribution is -2.17. The molecule has 0 aliphatic rings. The van der Waals surface area contributed by atoms with Gasteiger partial charge in [0.25, 0.3) is 0 Å². The van der Waals surface area contributed by atoms with Crippen LogP contribution in [0.1, 0.15) is 0 Å². The van der Waals surface area contributed by atoms with Gasteiger partial charge in [-0.2, -0.15) is 0 Å². The van der Waals surface area contributed by atoms with Crippen molar-refractivity contribution in [2.75, 3.05) is 11.1 Å². The molecule has 3 N–H and O–H groups in total. The number of alkyl halides is 3. The second-order valence-corrected chi connectivity index (χ2v) is 3.67. The number of nitrogens with two attached hydrogens (primary N) is 1. The topological polar surface area (TPSA) is 60.2 Å². The van der Waals surface area contributed by atoms with E-state index in [1.54, 1.807) is 18.2 Å². The molecular weight excluding hydrogens is 259 g/mol. The summed E-state index contributed by atoms with van der Waals surface area (Å²) in [7, 11) is 0. The first kappa shape index (κ1) is 13.0. The maximum atomic E-state index is 12.1. The number of halogens is 3. The molecule has 0 unspecified atom stereocenters. The minimum atomic E-state index is -4.71. The van der Waals surface area contributed by atoms with E-state index in [2.05, 4.69) is 15.0 Å². The maximum absolute atomic E-state index is 12.1. The lowest BCUT2D eigenvalue weighted by atomic mass is 10.3. The summed E-state index contributed by atoms with van der Waals surface area (Å²) in [4.78, 5) is 3.86. The molecule has 0 bridgehead atoms. The number of pyridine rings is 1. The van der Waals surface area contributed by atoms with Crippen LogP contribution in [0.2, 0.25) is 0 Å². The van der Waals surface area contributed by atoms with Gasteiger partial charge in [0.15, 0.2) is 0 Å². The molecule has 2 rings (SSSR count). The summed E-state index contributed by atoms with van der Waals surface area (Å²) >= 11 is 0. The number of hydrogen-bond donors (Lipinski definition) is 2. The quantitative estimate of drug-likeness (QED) is 0.897. The molecule has 1 heterocycles. The van der Waals surface area contributed by atoms with Crippen molar-refractivity contribution in [3.63, 3.8) is 0 Å². The van der Waals surface area contributed by atoms with Crippen LogP contribution in [0.15, 0.2) is 42.6 Å². The summed E-state index contributed by atoms with van der Waals surface area (Å²) in [5.74, 6) is 0.0700. The third-order valence-corrected chi connectivity index (χ3v) is 2.14. The second kappa shape index (κ2) is 5.05. The molecule has 0 spiro atoms. The Morgan fingerprint density at radius 3 is 2.53 bits per heavy atom. The summed E-state index contributed by atoms with van der Waals surface area (Å²) < 4.78 is 40.1. The molecule has 0 aliphatic heterocycles. The van der Waals surface area contributed by atoms with Gasteiger partial charge >= 0.3 is 6.36 Å². The number of nitrogen functional groups attached to an aromatic ring is 1. The van der Waals surface area contributed by atoms with Crippen molar-refractivity contribution < 1.29 is 17.9 Å². The van der Waals surface area contributed by atoms with Crippen LogP contribution in [0.5, 0.6) is 5.75 Å². The lowest BCUT2D eigenvalue weighted by molar-refractivity contribution is -0.274. The average molecular weight is 269 g/mol. The predicted molar refractivity (Wildman–Crippen MR) is 65.1 cm³/mol.